The number of hydrogen-bond acceptors (Lipinski definition) is 3. The molecule has 0 heterocycles. The van der Waals surface area contributed by atoms with Gasteiger partial charge in [-0.3, -0.25) is 9.59 Å². The second kappa shape index (κ2) is 11.1. The topological polar surface area (TPSA) is 58.6 Å². The van der Waals surface area contributed by atoms with Crippen LogP contribution >= 0.6 is 0 Å². The predicted molar refractivity (Wildman–Crippen MR) is 106 cm³/mol. The van der Waals surface area contributed by atoms with E-state index in [0.29, 0.717) is 24.3 Å². The SMILES string of the molecule is CCCNC(=O)[C@@H](CC)N(Cc1ccc(F)cc1)C(=O)COc1ccc(F)cc1. The Morgan fingerprint density at radius 3 is 2.14 bits per heavy atom. The van der Waals surface area contributed by atoms with E-state index in [4.69, 9.17) is 4.74 Å². The van der Waals surface area contributed by atoms with Gasteiger partial charge in [-0.1, -0.05) is 26.0 Å². The van der Waals surface area contributed by atoms with E-state index in [1.165, 1.54) is 41.3 Å². The van der Waals surface area contributed by atoms with Gasteiger partial charge in [0.15, 0.2) is 6.61 Å². The molecule has 0 saturated carbocycles. The lowest BCUT2D eigenvalue weighted by molar-refractivity contribution is -0.143. The monoisotopic (exact) mass is 404 g/mol. The van der Waals surface area contributed by atoms with Crippen molar-refractivity contribution < 1.29 is 23.1 Å². The Labute approximate surface area is 169 Å². The molecular formula is C22H26F2N2O3. The Morgan fingerprint density at radius 1 is 1.00 bits per heavy atom. The van der Waals surface area contributed by atoms with Crippen LogP contribution in [0.2, 0.25) is 0 Å². The Bertz CT molecular complexity index is 795. The van der Waals surface area contributed by atoms with E-state index < -0.39 is 17.8 Å². The smallest absolute Gasteiger partial charge is 0.261 e. The number of ether oxygens (including phenoxy) is 1. The summed E-state index contributed by atoms with van der Waals surface area (Å²) in [5, 5.41) is 2.82. The molecular weight excluding hydrogens is 378 g/mol. The van der Waals surface area contributed by atoms with Gasteiger partial charge >= 0.3 is 0 Å². The summed E-state index contributed by atoms with van der Waals surface area (Å²) < 4.78 is 31.7. The lowest BCUT2D eigenvalue weighted by atomic mass is 10.1. The summed E-state index contributed by atoms with van der Waals surface area (Å²) in [5.41, 5.74) is 0.697. The Balaban J connectivity index is 2.16. The molecule has 2 aromatic carbocycles. The van der Waals surface area contributed by atoms with Gasteiger partial charge in [0.05, 0.1) is 0 Å². The first-order chi connectivity index (χ1) is 13.9. The number of nitrogens with zero attached hydrogens (tertiary/aromatic N) is 1. The fourth-order valence-electron chi connectivity index (χ4n) is 2.83. The fourth-order valence-corrected chi connectivity index (χ4v) is 2.83. The molecule has 0 aliphatic heterocycles. The summed E-state index contributed by atoms with van der Waals surface area (Å²) in [7, 11) is 0. The van der Waals surface area contributed by atoms with E-state index in [1.54, 1.807) is 12.1 Å². The quantitative estimate of drug-likeness (QED) is 0.657. The lowest BCUT2D eigenvalue weighted by Gasteiger charge is -2.30. The molecule has 0 aromatic heterocycles. The van der Waals surface area contributed by atoms with Gasteiger partial charge in [-0.15, -0.1) is 0 Å². The predicted octanol–water partition coefficient (Wildman–Crippen LogP) is 3.68. The number of carbonyl (C=O) groups excluding carboxylic acids is 2. The van der Waals surface area contributed by atoms with Crippen LogP contribution in [0.5, 0.6) is 5.75 Å². The third-order valence-electron chi connectivity index (χ3n) is 4.38. The van der Waals surface area contributed by atoms with Crippen LogP contribution in [0.3, 0.4) is 0 Å². The molecule has 2 rings (SSSR count). The van der Waals surface area contributed by atoms with Crippen LogP contribution < -0.4 is 10.1 Å². The van der Waals surface area contributed by atoms with E-state index in [-0.39, 0.29) is 24.9 Å². The summed E-state index contributed by atoms with van der Waals surface area (Å²) in [6.45, 7) is 4.12. The molecule has 2 amide bonds. The van der Waals surface area contributed by atoms with Crippen molar-refractivity contribution >= 4 is 11.8 Å². The summed E-state index contributed by atoms with van der Waals surface area (Å²) >= 11 is 0. The van der Waals surface area contributed by atoms with E-state index >= 15 is 0 Å². The summed E-state index contributed by atoms with van der Waals surface area (Å²) in [6.07, 6.45) is 1.20. The van der Waals surface area contributed by atoms with Crippen LogP contribution in [0.4, 0.5) is 8.78 Å². The van der Waals surface area contributed by atoms with Gasteiger partial charge in [0.25, 0.3) is 5.91 Å². The van der Waals surface area contributed by atoms with Crippen molar-refractivity contribution in [1.82, 2.24) is 10.2 Å². The van der Waals surface area contributed by atoms with E-state index in [1.807, 2.05) is 13.8 Å². The Morgan fingerprint density at radius 2 is 1.59 bits per heavy atom. The molecule has 0 fully saturated rings. The van der Waals surface area contributed by atoms with Gasteiger partial charge in [0.1, 0.15) is 23.4 Å². The fraction of sp³-hybridized carbons (Fsp3) is 0.364. The van der Waals surface area contributed by atoms with Crippen LogP contribution in [0.25, 0.3) is 0 Å². The van der Waals surface area contributed by atoms with E-state index in [2.05, 4.69) is 5.32 Å². The highest BCUT2D eigenvalue weighted by Gasteiger charge is 2.28. The summed E-state index contributed by atoms with van der Waals surface area (Å²) in [6, 6.07) is 10.4. The van der Waals surface area contributed by atoms with Crippen molar-refractivity contribution in [2.75, 3.05) is 13.2 Å². The summed E-state index contributed by atoms with van der Waals surface area (Å²) in [5.74, 6) is -1.06. The van der Waals surface area contributed by atoms with Gasteiger partial charge < -0.3 is 15.0 Å². The zero-order valence-electron chi connectivity index (χ0n) is 16.7. The van der Waals surface area contributed by atoms with Crippen molar-refractivity contribution in [2.24, 2.45) is 0 Å². The highest BCUT2D eigenvalue weighted by atomic mass is 19.1. The van der Waals surface area contributed by atoms with Crippen molar-refractivity contribution in [3.8, 4) is 5.75 Å². The zero-order valence-corrected chi connectivity index (χ0v) is 16.7. The molecule has 0 spiro atoms. The number of amides is 2. The largest absolute Gasteiger partial charge is 0.484 e. The first-order valence-corrected chi connectivity index (χ1v) is 9.64. The van der Waals surface area contributed by atoms with E-state index in [0.717, 1.165) is 6.42 Å². The molecule has 29 heavy (non-hydrogen) atoms. The second-order valence-electron chi connectivity index (χ2n) is 6.61. The van der Waals surface area contributed by atoms with Crippen LogP contribution in [-0.2, 0) is 16.1 Å². The van der Waals surface area contributed by atoms with Crippen LogP contribution in [0.15, 0.2) is 48.5 Å². The van der Waals surface area contributed by atoms with Gasteiger partial charge in [0.2, 0.25) is 5.91 Å². The molecule has 7 heteroatoms. The minimum absolute atomic E-state index is 0.143. The van der Waals surface area contributed by atoms with Gasteiger partial charge in [0, 0.05) is 13.1 Å². The molecule has 0 bridgehead atoms. The number of hydrogen-bond donors (Lipinski definition) is 1. The highest BCUT2D eigenvalue weighted by molar-refractivity contribution is 5.88. The Hall–Kier alpha value is -2.96. The lowest BCUT2D eigenvalue weighted by Crippen LogP contribution is -2.50. The van der Waals surface area contributed by atoms with Gasteiger partial charge in [-0.05, 0) is 54.8 Å². The number of benzene rings is 2. The number of rotatable bonds is 10. The minimum atomic E-state index is -0.684. The molecule has 5 nitrogen and oxygen atoms in total. The molecule has 2 aromatic rings. The standard InChI is InChI=1S/C22H26F2N2O3/c1-3-13-25-22(28)20(4-2)26(14-16-5-7-17(23)8-6-16)21(27)15-29-19-11-9-18(24)10-12-19/h5-12,20H,3-4,13-15H2,1-2H3,(H,25,28)/t20-/m1/s1. The minimum Gasteiger partial charge on any atom is -0.484 e. The van der Waals surface area contributed by atoms with Crippen molar-refractivity contribution in [3.05, 3.63) is 65.7 Å². The number of carbonyl (C=O) groups is 2. The first kappa shape index (κ1) is 22.3. The van der Waals surface area contributed by atoms with Crippen molar-refractivity contribution in [2.45, 2.75) is 39.3 Å². The molecule has 0 unspecified atom stereocenters. The molecule has 1 N–H and O–H groups in total. The zero-order chi connectivity index (χ0) is 21.2. The molecule has 0 saturated heterocycles. The first-order valence-electron chi connectivity index (χ1n) is 9.64. The van der Waals surface area contributed by atoms with E-state index in [9.17, 15) is 18.4 Å². The maximum Gasteiger partial charge on any atom is 0.261 e. The maximum atomic E-state index is 13.2. The average Bonchev–Trinajstić information content (AvgIpc) is 2.72. The number of halogens is 2. The third kappa shape index (κ3) is 6.85. The average molecular weight is 404 g/mol. The van der Waals surface area contributed by atoms with Gasteiger partial charge in [-0.2, -0.15) is 0 Å². The van der Waals surface area contributed by atoms with Crippen molar-refractivity contribution in [1.29, 1.82) is 0 Å². The number of nitrogens with one attached hydrogen (secondary N) is 1. The highest BCUT2D eigenvalue weighted by Crippen LogP contribution is 2.15. The van der Waals surface area contributed by atoms with Crippen LogP contribution in [0.1, 0.15) is 32.3 Å². The molecule has 0 aliphatic rings. The van der Waals surface area contributed by atoms with Crippen LogP contribution in [-0.4, -0.2) is 35.9 Å². The molecule has 1 atom stereocenters. The molecule has 0 aliphatic carbocycles. The van der Waals surface area contributed by atoms with Crippen molar-refractivity contribution in [3.63, 3.8) is 0 Å². The second-order valence-corrected chi connectivity index (χ2v) is 6.61. The molecule has 156 valence electrons. The van der Waals surface area contributed by atoms with Gasteiger partial charge in [-0.25, -0.2) is 8.78 Å². The third-order valence-corrected chi connectivity index (χ3v) is 4.38. The normalized spacial score (nSPS) is 11.6. The maximum absolute atomic E-state index is 13.2. The Kier molecular flexibility index (Phi) is 8.58. The van der Waals surface area contributed by atoms with Crippen LogP contribution in [0, 0.1) is 11.6 Å². The molecule has 0 radical (unpaired) electrons. The summed E-state index contributed by atoms with van der Waals surface area (Å²) in [4.78, 5) is 26.9.